The average molecular weight is 703 g/mol. The van der Waals surface area contributed by atoms with Gasteiger partial charge in [0.25, 0.3) is 0 Å². The minimum Gasteiger partial charge on any atom is -0.457 e. The summed E-state index contributed by atoms with van der Waals surface area (Å²) in [5.41, 5.74) is 2.78. The van der Waals surface area contributed by atoms with Gasteiger partial charge in [-0.25, -0.2) is 9.59 Å². The van der Waals surface area contributed by atoms with E-state index in [0.29, 0.717) is 22.7 Å². The normalized spacial score (nSPS) is 8.19. The predicted octanol–water partition coefficient (Wildman–Crippen LogP) is 1.92. The van der Waals surface area contributed by atoms with Gasteiger partial charge in [-0.3, -0.25) is 19.9 Å². The number of pyridine rings is 4. The van der Waals surface area contributed by atoms with E-state index in [1.807, 2.05) is 0 Å². The quantitative estimate of drug-likeness (QED) is 0.103. The van der Waals surface area contributed by atoms with Gasteiger partial charge >= 0.3 is 39.4 Å². The SMILES string of the molecule is O=C(Nc1ccncc1)Nc1ccncc1.O=C(Nc1ccncc1)Nc1ccncc1.O=[N+]([O-])[O-].O=[N+]([O-])[O-].[Cd+2].[OH3+].[OH3+]. The van der Waals surface area contributed by atoms with Crippen LogP contribution >= 0.6 is 0 Å². The Kier molecular flexibility index (Phi) is 24.7. The van der Waals surface area contributed by atoms with Crippen LogP contribution in [0.2, 0.25) is 0 Å². The maximum atomic E-state index is 11.5. The summed E-state index contributed by atoms with van der Waals surface area (Å²) in [5, 5.41) is 40.2. The summed E-state index contributed by atoms with van der Waals surface area (Å²) in [6.07, 6.45) is 12.9. The average Bonchev–Trinajstić information content (AvgIpc) is 2.91. The molecular formula is C22H26CdN10O10+2. The third kappa shape index (κ3) is 23.9. The van der Waals surface area contributed by atoms with Gasteiger partial charge in [0, 0.05) is 72.3 Å². The summed E-state index contributed by atoms with van der Waals surface area (Å²) in [4.78, 5) is 55.0. The van der Waals surface area contributed by atoms with Crippen LogP contribution in [0.15, 0.2) is 98.1 Å². The van der Waals surface area contributed by atoms with E-state index in [0.717, 1.165) is 0 Å². The molecule has 0 atom stereocenters. The van der Waals surface area contributed by atoms with Gasteiger partial charge in [0.2, 0.25) is 0 Å². The second-order valence-corrected chi connectivity index (χ2v) is 6.55. The Morgan fingerprint density at radius 2 is 0.605 bits per heavy atom. The maximum absolute atomic E-state index is 11.5. The molecule has 0 saturated carbocycles. The fraction of sp³-hybridized carbons (Fsp3) is 0. The molecule has 0 spiro atoms. The number of nitrogens with one attached hydrogen (secondary N) is 4. The second-order valence-electron chi connectivity index (χ2n) is 6.55. The summed E-state index contributed by atoms with van der Waals surface area (Å²) in [5.74, 6) is 0. The minimum atomic E-state index is -1.75. The van der Waals surface area contributed by atoms with E-state index in [9.17, 15) is 9.59 Å². The van der Waals surface area contributed by atoms with Crippen molar-refractivity contribution in [3.8, 4) is 0 Å². The molecule has 4 rings (SSSR count). The first kappa shape index (κ1) is 41.9. The number of carbonyl (C=O) groups excluding carboxylic acids is 2. The Morgan fingerprint density at radius 1 is 0.465 bits per heavy atom. The number of aromatic nitrogens is 4. The molecule has 20 nitrogen and oxygen atoms in total. The van der Waals surface area contributed by atoms with Crippen LogP contribution in [0.4, 0.5) is 32.3 Å². The molecule has 224 valence electrons. The summed E-state index contributed by atoms with van der Waals surface area (Å²) in [6.45, 7) is 0. The number of carbonyl (C=O) groups is 2. The van der Waals surface area contributed by atoms with Crippen molar-refractivity contribution in [3.63, 3.8) is 0 Å². The first-order valence-corrected chi connectivity index (χ1v) is 10.5. The van der Waals surface area contributed by atoms with Gasteiger partial charge in [-0.05, 0) is 48.5 Å². The smallest absolute Gasteiger partial charge is 0.457 e. The Hall–Kier alpha value is -5.62. The standard InChI is InChI=1S/2C11H10N4O.Cd.2NO3.2H2O/c2*16-11(14-9-1-5-12-6-2-9)15-10-3-7-13-8-4-10;;2*2-1(3)4;;/h2*1-8H,(H2,12,13,14,15,16);;;;2*1H2/q;;+2;2*-1;;/p+2. The van der Waals surface area contributed by atoms with E-state index < -0.39 is 10.2 Å². The Labute approximate surface area is 262 Å². The van der Waals surface area contributed by atoms with Gasteiger partial charge in [-0.2, -0.15) is 0 Å². The van der Waals surface area contributed by atoms with Crippen molar-refractivity contribution in [1.82, 2.24) is 19.9 Å². The topological polar surface area (TPSA) is 332 Å². The molecule has 4 aromatic heterocycles. The number of urea groups is 2. The van der Waals surface area contributed by atoms with Crippen molar-refractivity contribution in [2.75, 3.05) is 21.3 Å². The van der Waals surface area contributed by atoms with Gasteiger partial charge in [0.15, 0.2) is 0 Å². The van der Waals surface area contributed by atoms with Crippen molar-refractivity contribution in [1.29, 1.82) is 0 Å². The van der Waals surface area contributed by atoms with E-state index in [4.69, 9.17) is 30.6 Å². The molecule has 0 aliphatic rings. The molecule has 4 heterocycles. The summed E-state index contributed by atoms with van der Waals surface area (Å²) < 4.78 is 0. The Morgan fingerprint density at radius 3 is 0.744 bits per heavy atom. The van der Waals surface area contributed by atoms with E-state index in [2.05, 4.69) is 41.2 Å². The zero-order valence-electron chi connectivity index (χ0n) is 22.0. The fourth-order valence-electron chi connectivity index (χ4n) is 2.33. The molecule has 10 N–H and O–H groups in total. The van der Waals surface area contributed by atoms with Crippen LogP contribution < -0.4 is 21.3 Å². The summed E-state index contributed by atoms with van der Waals surface area (Å²) in [7, 11) is 0. The van der Waals surface area contributed by atoms with Crippen LogP contribution in [0, 0.1) is 30.6 Å². The first-order chi connectivity index (χ1) is 19.2. The molecule has 0 saturated heterocycles. The third-order valence-electron chi connectivity index (χ3n) is 3.75. The van der Waals surface area contributed by atoms with Crippen LogP contribution in [-0.2, 0) is 38.3 Å². The number of rotatable bonds is 4. The molecule has 0 aromatic carbocycles. The van der Waals surface area contributed by atoms with Crippen LogP contribution in [0.3, 0.4) is 0 Å². The minimum absolute atomic E-state index is 0. The number of amides is 4. The Bertz CT molecular complexity index is 1120. The fourth-order valence-corrected chi connectivity index (χ4v) is 2.33. The second kappa shape index (κ2) is 25.4. The monoisotopic (exact) mass is 704 g/mol. The molecule has 0 unspecified atom stereocenters. The first-order valence-electron chi connectivity index (χ1n) is 10.5. The van der Waals surface area contributed by atoms with Crippen molar-refractivity contribution in [2.45, 2.75) is 0 Å². The zero-order valence-corrected chi connectivity index (χ0v) is 26.1. The predicted molar refractivity (Wildman–Crippen MR) is 153 cm³/mol. The molecule has 0 bridgehead atoms. The van der Waals surface area contributed by atoms with Gasteiger partial charge < -0.3 is 62.9 Å². The summed E-state index contributed by atoms with van der Waals surface area (Å²) in [6, 6.07) is 13.1. The van der Waals surface area contributed by atoms with Gasteiger partial charge in [0.1, 0.15) is 0 Å². The molecule has 0 radical (unpaired) electrons. The number of nitrogens with zero attached hydrogens (tertiary/aromatic N) is 6. The molecule has 0 aliphatic heterocycles. The Balaban J connectivity index is -0.000000565. The zero-order chi connectivity index (χ0) is 29.6. The molecule has 43 heavy (non-hydrogen) atoms. The number of hydrogen-bond donors (Lipinski definition) is 4. The largest absolute Gasteiger partial charge is 2.00 e. The molecule has 4 aromatic rings. The van der Waals surface area contributed by atoms with E-state index >= 15 is 0 Å². The molecule has 21 heteroatoms. The van der Waals surface area contributed by atoms with Gasteiger partial charge in [-0.15, -0.1) is 0 Å². The maximum Gasteiger partial charge on any atom is 2.00 e. The third-order valence-corrected chi connectivity index (χ3v) is 3.75. The number of hydrogen-bond acceptors (Lipinski definition) is 12. The molecule has 0 aliphatic carbocycles. The van der Waals surface area contributed by atoms with Crippen molar-refractivity contribution in [3.05, 3.63) is 129 Å². The van der Waals surface area contributed by atoms with Crippen LogP contribution in [-0.4, -0.2) is 42.2 Å². The van der Waals surface area contributed by atoms with Gasteiger partial charge in [-0.1, -0.05) is 0 Å². The van der Waals surface area contributed by atoms with E-state index in [-0.39, 0.29) is 50.3 Å². The molecule has 4 amide bonds. The van der Waals surface area contributed by atoms with E-state index in [1.54, 1.807) is 98.1 Å². The van der Waals surface area contributed by atoms with Crippen LogP contribution in [0.5, 0.6) is 0 Å². The van der Waals surface area contributed by atoms with Crippen molar-refractivity contribution < 1.29 is 58.0 Å². The van der Waals surface area contributed by atoms with Gasteiger partial charge in [0.05, 0.1) is 10.2 Å². The van der Waals surface area contributed by atoms with Crippen molar-refractivity contribution in [2.24, 2.45) is 0 Å². The summed E-state index contributed by atoms with van der Waals surface area (Å²) >= 11 is 0. The van der Waals surface area contributed by atoms with Crippen LogP contribution in [0.1, 0.15) is 0 Å². The molecular weight excluding hydrogens is 677 g/mol. The van der Waals surface area contributed by atoms with Crippen molar-refractivity contribution >= 4 is 34.8 Å². The number of anilines is 4. The van der Waals surface area contributed by atoms with E-state index in [1.165, 1.54) is 0 Å². The molecule has 0 fully saturated rings. The van der Waals surface area contributed by atoms with Crippen LogP contribution in [0.25, 0.3) is 0 Å².